The molecule has 2 aromatic rings. The molecule has 0 saturated carbocycles. The summed E-state index contributed by atoms with van der Waals surface area (Å²) in [5, 5.41) is 3.19. The Morgan fingerprint density at radius 3 is 2.31 bits per heavy atom. The fourth-order valence-corrected chi connectivity index (χ4v) is 4.92. The highest BCUT2D eigenvalue weighted by Crippen LogP contribution is 2.41. The van der Waals surface area contributed by atoms with Crippen LogP contribution < -0.4 is 5.32 Å². The number of allylic oxidation sites excluding steroid dienone is 1. The molecule has 1 heterocycles. The molecule has 0 aromatic heterocycles. The van der Waals surface area contributed by atoms with Crippen molar-refractivity contribution in [1.29, 1.82) is 0 Å². The van der Waals surface area contributed by atoms with E-state index in [0.717, 1.165) is 44.1 Å². The summed E-state index contributed by atoms with van der Waals surface area (Å²) in [7, 11) is 0. The number of benzene rings is 2. The molecule has 1 aliphatic heterocycles. The molecule has 0 aliphatic carbocycles. The number of carbonyl (C=O) groups is 1. The molecule has 1 aliphatic rings. The lowest BCUT2D eigenvalue weighted by Crippen LogP contribution is -2.28. The van der Waals surface area contributed by atoms with Crippen molar-refractivity contribution in [2.24, 2.45) is 5.92 Å². The maximum Gasteiger partial charge on any atom is 0.399 e. The second-order valence-electron chi connectivity index (χ2n) is 7.74. The molecular formula is C23H20BrCl3F3NO. The van der Waals surface area contributed by atoms with Gasteiger partial charge in [-0.25, -0.2) is 0 Å². The van der Waals surface area contributed by atoms with Gasteiger partial charge >= 0.3 is 6.18 Å². The minimum Gasteiger partial charge on any atom is -0.317 e. The van der Waals surface area contributed by atoms with Crippen molar-refractivity contribution in [2.45, 2.75) is 31.4 Å². The maximum absolute atomic E-state index is 13.7. The molecule has 1 saturated heterocycles. The van der Waals surface area contributed by atoms with E-state index >= 15 is 0 Å². The highest BCUT2D eigenvalue weighted by atomic mass is 79.9. The normalized spacial score (nSPS) is 16.5. The Labute approximate surface area is 208 Å². The van der Waals surface area contributed by atoms with Crippen LogP contribution in [0.4, 0.5) is 13.2 Å². The summed E-state index contributed by atoms with van der Waals surface area (Å²) in [4.78, 5) is 12.7. The van der Waals surface area contributed by atoms with Gasteiger partial charge in [-0.1, -0.05) is 69.0 Å². The molecule has 172 valence electrons. The van der Waals surface area contributed by atoms with Crippen LogP contribution in [-0.2, 0) is 0 Å². The number of ketones is 1. The summed E-state index contributed by atoms with van der Waals surface area (Å²) in [6.45, 7) is 1.82. The topological polar surface area (TPSA) is 29.1 Å². The monoisotopic (exact) mass is 567 g/mol. The molecule has 2 nitrogen and oxygen atoms in total. The van der Waals surface area contributed by atoms with Crippen LogP contribution in [0.1, 0.15) is 46.7 Å². The largest absolute Gasteiger partial charge is 0.399 e. The molecule has 2 aromatic carbocycles. The van der Waals surface area contributed by atoms with E-state index in [1.54, 1.807) is 18.2 Å². The van der Waals surface area contributed by atoms with Crippen LogP contribution in [0, 0.1) is 5.92 Å². The Bertz CT molecular complexity index is 997. The second-order valence-corrected chi connectivity index (χ2v) is 9.78. The molecule has 1 N–H and O–H groups in total. The average Bonchev–Trinajstić information content (AvgIpc) is 2.71. The van der Waals surface area contributed by atoms with Crippen molar-refractivity contribution in [3.05, 3.63) is 72.6 Å². The smallest absolute Gasteiger partial charge is 0.317 e. The third-order valence-corrected chi connectivity index (χ3v) is 7.28. The molecule has 9 heteroatoms. The minimum absolute atomic E-state index is 0.00987. The van der Waals surface area contributed by atoms with Gasteiger partial charge in [0.05, 0.1) is 21.0 Å². The lowest BCUT2D eigenvalue weighted by molar-refractivity contribution is -0.139. The van der Waals surface area contributed by atoms with Crippen LogP contribution in [0.15, 0.2) is 40.9 Å². The second kappa shape index (κ2) is 10.9. The van der Waals surface area contributed by atoms with Gasteiger partial charge in [0, 0.05) is 16.5 Å². The number of halogens is 7. The third kappa shape index (κ3) is 6.51. The van der Waals surface area contributed by atoms with Gasteiger partial charge in [-0.3, -0.25) is 4.79 Å². The van der Waals surface area contributed by atoms with Gasteiger partial charge in [0.2, 0.25) is 0 Å². The van der Waals surface area contributed by atoms with E-state index in [1.807, 2.05) is 0 Å². The highest BCUT2D eigenvalue weighted by Gasteiger charge is 2.39. The number of hydrogen-bond acceptors (Lipinski definition) is 2. The van der Waals surface area contributed by atoms with Crippen molar-refractivity contribution in [3.8, 4) is 0 Å². The standard InChI is InChI=1S/C23H20BrCl3F3NO/c24-18-9-13(1-3-16(18)21(32)10-14-5-7-31-8-6-14)2-4-17(23(28,29)30)15-11-19(25)22(27)20(26)12-15/h1-4,9,11-12,14,17,31H,5-8,10H2/b4-2+. The Kier molecular flexibility index (Phi) is 8.72. The van der Waals surface area contributed by atoms with E-state index in [2.05, 4.69) is 21.2 Å². The number of Topliss-reactive ketones (excluding diaryl/α,β-unsaturated/α-hetero) is 1. The highest BCUT2D eigenvalue weighted by molar-refractivity contribution is 9.10. The molecule has 0 bridgehead atoms. The first-order valence-electron chi connectivity index (χ1n) is 9.99. The minimum atomic E-state index is -4.56. The first-order chi connectivity index (χ1) is 15.1. The van der Waals surface area contributed by atoms with E-state index in [9.17, 15) is 18.0 Å². The summed E-state index contributed by atoms with van der Waals surface area (Å²) in [6.07, 6.45) is 0.223. The molecule has 3 rings (SSSR count). The van der Waals surface area contributed by atoms with Crippen molar-refractivity contribution >= 4 is 62.6 Å². The van der Waals surface area contributed by atoms with Crippen molar-refractivity contribution in [2.75, 3.05) is 13.1 Å². The molecular weight excluding hydrogens is 550 g/mol. The predicted molar refractivity (Wildman–Crippen MR) is 128 cm³/mol. The summed E-state index contributed by atoms with van der Waals surface area (Å²) < 4.78 is 41.7. The third-order valence-electron chi connectivity index (χ3n) is 5.43. The van der Waals surface area contributed by atoms with Gasteiger partial charge < -0.3 is 5.32 Å². The van der Waals surface area contributed by atoms with Gasteiger partial charge in [0.1, 0.15) is 0 Å². The zero-order valence-corrected chi connectivity index (χ0v) is 20.6. The number of nitrogens with one attached hydrogen (secondary N) is 1. The van der Waals surface area contributed by atoms with Crippen molar-refractivity contribution in [3.63, 3.8) is 0 Å². The van der Waals surface area contributed by atoms with Gasteiger partial charge in [0.25, 0.3) is 0 Å². The molecule has 0 radical (unpaired) electrons. The lowest BCUT2D eigenvalue weighted by Gasteiger charge is -2.22. The average molecular weight is 570 g/mol. The number of piperidine rings is 1. The first kappa shape index (κ1) is 25.6. The summed E-state index contributed by atoms with van der Waals surface area (Å²) in [5.74, 6) is -1.55. The van der Waals surface area contributed by atoms with E-state index in [1.165, 1.54) is 6.08 Å². The van der Waals surface area contributed by atoms with Crippen LogP contribution in [0.3, 0.4) is 0 Å². The van der Waals surface area contributed by atoms with Gasteiger partial charge in [0.15, 0.2) is 5.78 Å². The van der Waals surface area contributed by atoms with E-state index in [-0.39, 0.29) is 26.4 Å². The number of rotatable bonds is 6. The Hall–Kier alpha value is -1.05. The lowest BCUT2D eigenvalue weighted by atomic mass is 9.90. The predicted octanol–water partition coefficient (Wildman–Crippen LogP) is 8.34. The van der Waals surface area contributed by atoms with E-state index in [0.29, 0.717) is 27.9 Å². The summed E-state index contributed by atoms with van der Waals surface area (Å²) in [5.41, 5.74) is 0.945. The Morgan fingerprint density at radius 1 is 1.12 bits per heavy atom. The fourth-order valence-electron chi connectivity index (χ4n) is 3.69. The molecule has 1 fully saturated rings. The Balaban J connectivity index is 1.80. The SMILES string of the molecule is O=C(CC1CCNCC1)c1ccc(/C=C/C(c2cc(Cl)c(Cl)c(Cl)c2)C(F)(F)F)cc1Br. The Morgan fingerprint density at radius 2 is 1.75 bits per heavy atom. The van der Waals surface area contributed by atoms with Crippen LogP contribution >= 0.6 is 50.7 Å². The van der Waals surface area contributed by atoms with Gasteiger partial charge in [-0.05, 0) is 67.2 Å². The van der Waals surface area contributed by atoms with Crippen molar-refractivity contribution in [1.82, 2.24) is 5.32 Å². The zero-order chi connectivity index (χ0) is 23.5. The number of hydrogen-bond donors (Lipinski definition) is 1. The molecule has 1 unspecified atom stereocenters. The van der Waals surface area contributed by atoms with Gasteiger partial charge in [-0.15, -0.1) is 0 Å². The molecule has 0 spiro atoms. The molecule has 1 atom stereocenters. The quantitative estimate of drug-likeness (QED) is 0.280. The fraction of sp³-hybridized carbons (Fsp3) is 0.348. The first-order valence-corrected chi connectivity index (χ1v) is 11.9. The zero-order valence-electron chi connectivity index (χ0n) is 16.8. The summed E-state index contributed by atoms with van der Waals surface area (Å²) in [6, 6.07) is 7.24. The van der Waals surface area contributed by atoms with E-state index in [4.69, 9.17) is 34.8 Å². The molecule has 0 amide bonds. The number of alkyl halides is 3. The van der Waals surface area contributed by atoms with Crippen LogP contribution in [0.5, 0.6) is 0 Å². The van der Waals surface area contributed by atoms with Crippen molar-refractivity contribution < 1.29 is 18.0 Å². The number of carbonyl (C=O) groups excluding carboxylic acids is 1. The van der Waals surface area contributed by atoms with Crippen LogP contribution in [0.2, 0.25) is 15.1 Å². The maximum atomic E-state index is 13.7. The van der Waals surface area contributed by atoms with Gasteiger partial charge in [-0.2, -0.15) is 13.2 Å². The van der Waals surface area contributed by atoms with Crippen LogP contribution in [0.25, 0.3) is 6.08 Å². The molecule has 32 heavy (non-hydrogen) atoms. The van der Waals surface area contributed by atoms with E-state index < -0.39 is 12.1 Å². The van der Waals surface area contributed by atoms with Crippen LogP contribution in [-0.4, -0.2) is 25.0 Å². The summed E-state index contributed by atoms with van der Waals surface area (Å²) >= 11 is 21.1.